The van der Waals surface area contributed by atoms with Crippen molar-refractivity contribution in [3.8, 4) is 11.5 Å². The first-order valence-corrected chi connectivity index (χ1v) is 16.0. The van der Waals surface area contributed by atoms with Crippen LogP contribution in [-0.4, -0.2) is 66.0 Å². The highest BCUT2D eigenvalue weighted by atomic mass is 35.5. The molecule has 3 aliphatic rings. The van der Waals surface area contributed by atoms with Crippen LogP contribution in [0.25, 0.3) is 5.57 Å². The Hall–Kier alpha value is -3.23. The molecule has 44 heavy (non-hydrogen) atoms. The van der Waals surface area contributed by atoms with Gasteiger partial charge in [-0.15, -0.1) is 0 Å². The predicted octanol–water partition coefficient (Wildman–Crippen LogP) is 6.64. The lowest BCUT2D eigenvalue weighted by Gasteiger charge is -2.44. The predicted molar refractivity (Wildman–Crippen MR) is 173 cm³/mol. The summed E-state index contributed by atoms with van der Waals surface area (Å²) in [5.41, 5.74) is 3.50. The number of fused-ring (bicyclic) bond motifs is 2. The Morgan fingerprint density at radius 2 is 1.66 bits per heavy atom. The van der Waals surface area contributed by atoms with Gasteiger partial charge in [0.1, 0.15) is 24.7 Å². The second-order valence-electron chi connectivity index (χ2n) is 11.5. The summed E-state index contributed by atoms with van der Waals surface area (Å²) in [5.74, 6) is 1.39. The van der Waals surface area contributed by atoms with E-state index in [9.17, 15) is 9.59 Å². The standard InChI is InChI=1S/C34H34Cl3N3O4/c1-21(41)39-19-25-17-29(22-8-12-27(13-9-22)43-14-15-44-28-6-3-5-24(35)16-28)32(31(20-39)38-25)34(42)40(26-10-11-26)18-23-4-2-7-30(36)33(23)37/h2-9,12-13,16,25-26,31,38H,10-11,14-15,17-20H2,1H3/t25-,31-/m1/s1. The number of ether oxygens (including phenoxy) is 2. The number of nitrogens with one attached hydrogen (secondary N) is 1. The molecule has 1 saturated carbocycles. The van der Waals surface area contributed by atoms with Gasteiger partial charge in [0, 0.05) is 49.2 Å². The van der Waals surface area contributed by atoms with Crippen molar-refractivity contribution in [1.29, 1.82) is 0 Å². The fraction of sp³-hybridized carbons (Fsp3) is 0.353. The minimum atomic E-state index is -0.274. The van der Waals surface area contributed by atoms with E-state index in [0.29, 0.717) is 71.4 Å². The monoisotopic (exact) mass is 653 g/mol. The van der Waals surface area contributed by atoms with Crippen molar-refractivity contribution in [3.63, 3.8) is 0 Å². The van der Waals surface area contributed by atoms with Crippen molar-refractivity contribution in [2.75, 3.05) is 26.3 Å². The van der Waals surface area contributed by atoms with E-state index in [4.69, 9.17) is 44.3 Å². The third-order valence-electron chi connectivity index (χ3n) is 8.32. The molecular formula is C34H34Cl3N3O4. The molecule has 2 fully saturated rings. The largest absolute Gasteiger partial charge is 0.490 e. The number of amides is 2. The molecule has 7 nitrogen and oxygen atoms in total. The quantitative estimate of drug-likeness (QED) is 0.248. The van der Waals surface area contributed by atoms with Crippen molar-refractivity contribution in [1.82, 2.24) is 15.1 Å². The molecule has 10 heteroatoms. The normalized spacial score (nSPS) is 19.5. The zero-order valence-corrected chi connectivity index (χ0v) is 26.7. The molecular weight excluding hydrogens is 621 g/mol. The number of hydrogen-bond acceptors (Lipinski definition) is 5. The molecule has 3 aromatic rings. The molecule has 0 radical (unpaired) electrons. The average molecular weight is 655 g/mol. The van der Waals surface area contributed by atoms with Crippen molar-refractivity contribution in [3.05, 3.63) is 98.5 Å². The number of carbonyl (C=O) groups excluding carboxylic acids is 2. The average Bonchev–Trinajstić information content (AvgIpc) is 3.85. The molecule has 2 amide bonds. The van der Waals surface area contributed by atoms with Crippen LogP contribution in [0.15, 0.2) is 72.3 Å². The second kappa shape index (κ2) is 13.4. The summed E-state index contributed by atoms with van der Waals surface area (Å²) in [6.07, 6.45) is 2.52. The van der Waals surface area contributed by atoms with E-state index in [1.54, 1.807) is 25.1 Å². The third-order valence-corrected chi connectivity index (χ3v) is 9.41. The zero-order valence-electron chi connectivity index (χ0n) is 24.4. The Kier molecular flexibility index (Phi) is 9.38. The number of hydrogen-bond donors (Lipinski definition) is 1. The Morgan fingerprint density at radius 3 is 2.36 bits per heavy atom. The maximum absolute atomic E-state index is 14.5. The summed E-state index contributed by atoms with van der Waals surface area (Å²) in [5, 5.41) is 5.20. The summed E-state index contributed by atoms with van der Waals surface area (Å²) in [7, 11) is 0. The summed E-state index contributed by atoms with van der Waals surface area (Å²) in [6, 6.07) is 20.6. The first kappa shape index (κ1) is 30.8. The molecule has 2 aliphatic heterocycles. The van der Waals surface area contributed by atoms with Gasteiger partial charge in [0.2, 0.25) is 5.91 Å². The topological polar surface area (TPSA) is 71.1 Å². The fourth-order valence-corrected chi connectivity index (χ4v) is 6.57. The van der Waals surface area contributed by atoms with Crippen molar-refractivity contribution >= 4 is 52.2 Å². The highest BCUT2D eigenvalue weighted by Gasteiger charge is 2.43. The van der Waals surface area contributed by atoms with Gasteiger partial charge in [0.15, 0.2) is 0 Å². The summed E-state index contributed by atoms with van der Waals surface area (Å²) < 4.78 is 11.7. The zero-order chi connectivity index (χ0) is 30.8. The molecule has 2 atom stereocenters. The van der Waals surface area contributed by atoms with Gasteiger partial charge in [-0.3, -0.25) is 9.59 Å². The first-order valence-electron chi connectivity index (χ1n) is 14.9. The molecule has 2 bridgehead atoms. The minimum Gasteiger partial charge on any atom is -0.490 e. The minimum absolute atomic E-state index is 0.0161. The fourth-order valence-electron chi connectivity index (χ4n) is 6.01. The third kappa shape index (κ3) is 7.02. The number of nitrogens with zero attached hydrogens (tertiary/aromatic N) is 2. The van der Waals surface area contributed by atoms with Crippen LogP contribution in [0.3, 0.4) is 0 Å². The van der Waals surface area contributed by atoms with E-state index >= 15 is 0 Å². The SMILES string of the molecule is CC(=O)N1C[C@H]2CC(c3ccc(OCCOc4cccc(Cl)c4)cc3)=C(C(=O)N(Cc3cccc(Cl)c3Cl)C3CC3)[C@@H](C1)N2. The lowest BCUT2D eigenvalue weighted by atomic mass is 9.82. The van der Waals surface area contributed by atoms with Crippen LogP contribution in [-0.2, 0) is 16.1 Å². The van der Waals surface area contributed by atoms with Crippen LogP contribution in [0.5, 0.6) is 11.5 Å². The van der Waals surface area contributed by atoms with Gasteiger partial charge in [-0.25, -0.2) is 0 Å². The summed E-state index contributed by atoms with van der Waals surface area (Å²) in [4.78, 5) is 30.7. The molecule has 0 spiro atoms. The van der Waals surface area contributed by atoms with Gasteiger partial charge >= 0.3 is 0 Å². The first-order chi connectivity index (χ1) is 21.3. The maximum Gasteiger partial charge on any atom is 0.252 e. The summed E-state index contributed by atoms with van der Waals surface area (Å²) >= 11 is 18.9. The molecule has 1 saturated heterocycles. The molecule has 0 unspecified atom stereocenters. The van der Waals surface area contributed by atoms with E-state index in [1.165, 1.54) is 0 Å². The van der Waals surface area contributed by atoms with Crippen LogP contribution >= 0.6 is 34.8 Å². The van der Waals surface area contributed by atoms with E-state index in [0.717, 1.165) is 29.5 Å². The van der Waals surface area contributed by atoms with Gasteiger partial charge in [-0.05, 0) is 72.4 Å². The van der Waals surface area contributed by atoms with Gasteiger partial charge in [0.05, 0.1) is 16.1 Å². The molecule has 1 aliphatic carbocycles. The Labute approximate surface area is 272 Å². The van der Waals surface area contributed by atoms with Crippen LogP contribution in [0.4, 0.5) is 0 Å². The van der Waals surface area contributed by atoms with Gasteiger partial charge in [-0.2, -0.15) is 0 Å². The highest BCUT2D eigenvalue weighted by Crippen LogP contribution is 2.38. The molecule has 1 N–H and O–H groups in total. The number of piperazine rings is 1. The van der Waals surface area contributed by atoms with E-state index in [-0.39, 0.29) is 29.9 Å². The number of halogens is 3. The Morgan fingerprint density at radius 1 is 0.932 bits per heavy atom. The van der Waals surface area contributed by atoms with Crippen LogP contribution in [0, 0.1) is 0 Å². The molecule has 3 aromatic carbocycles. The van der Waals surface area contributed by atoms with Crippen LogP contribution in [0.2, 0.25) is 15.1 Å². The Balaban J connectivity index is 1.24. The van der Waals surface area contributed by atoms with Gasteiger partial charge < -0.3 is 24.6 Å². The van der Waals surface area contributed by atoms with Crippen LogP contribution < -0.4 is 14.8 Å². The van der Waals surface area contributed by atoms with Crippen molar-refractivity contribution in [2.45, 2.75) is 50.9 Å². The number of carbonyl (C=O) groups is 2. The Bertz CT molecular complexity index is 1570. The lowest BCUT2D eigenvalue weighted by Crippen LogP contribution is -2.61. The van der Waals surface area contributed by atoms with E-state index < -0.39 is 0 Å². The molecule has 0 aromatic heterocycles. The van der Waals surface area contributed by atoms with Gasteiger partial charge in [0.25, 0.3) is 5.91 Å². The van der Waals surface area contributed by atoms with E-state index in [1.807, 2.05) is 58.3 Å². The van der Waals surface area contributed by atoms with E-state index in [2.05, 4.69) is 5.32 Å². The maximum atomic E-state index is 14.5. The lowest BCUT2D eigenvalue weighted by molar-refractivity contribution is -0.132. The smallest absolute Gasteiger partial charge is 0.252 e. The molecule has 230 valence electrons. The highest BCUT2D eigenvalue weighted by molar-refractivity contribution is 6.42. The number of benzene rings is 3. The second-order valence-corrected chi connectivity index (χ2v) is 12.7. The van der Waals surface area contributed by atoms with Gasteiger partial charge in [-0.1, -0.05) is 65.1 Å². The van der Waals surface area contributed by atoms with Crippen LogP contribution in [0.1, 0.15) is 37.3 Å². The van der Waals surface area contributed by atoms with Crippen molar-refractivity contribution < 1.29 is 19.1 Å². The van der Waals surface area contributed by atoms with Crippen molar-refractivity contribution in [2.24, 2.45) is 0 Å². The molecule has 2 heterocycles. The number of rotatable bonds is 10. The molecule has 6 rings (SSSR count). The summed E-state index contributed by atoms with van der Waals surface area (Å²) in [6.45, 7) is 3.76.